The van der Waals surface area contributed by atoms with Gasteiger partial charge in [-0.3, -0.25) is 4.99 Å². The molecule has 2 aromatic heterocycles. The van der Waals surface area contributed by atoms with Crippen LogP contribution in [0.2, 0.25) is 0 Å². The number of benzene rings is 2. The summed E-state index contributed by atoms with van der Waals surface area (Å²) in [5.41, 5.74) is 4.44. The quantitative estimate of drug-likeness (QED) is 0.385. The summed E-state index contributed by atoms with van der Waals surface area (Å²) in [6.45, 7) is 4.17. The number of thiazole rings is 2. The Labute approximate surface area is 153 Å². The van der Waals surface area contributed by atoms with Gasteiger partial charge in [0, 0.05) is 7.05 Å². The van der Waals surface area contributed by atoms with E-state index in [0.29, 0.717) is 5.96 Å². The van der Waals surface area contributed by atoms with E-state index >= 15 is 0 Å². The summed E-state index contributed by atoms with van der Waals surface area (Å²) in [4.78, 5) is 13.5. The zero-order chi connectivity index (χ0) is 17.4. The van der Waals surface area contributed by atoms with Crippen LogP contribution in [-0.2, 0) is 0 Å². The van der Waals surface area contributed by atoms with Crippen LogP contribution >= 0.6 is 22.7 Å². The number of anilines is 2. The summed E-state index contributed by atoms with van der Waals surface area (Å²) in [6.07, 6.45) is 0. The fraction of sp³-hybridized carbons (Fsp3) is 0.167. The summed E-state index contributed by atoms with van der Waals surface area (Å²) in [7, 11) is 1.74. The van der Waals surface area contributed by atoms with Gasteiger partial charge in [0.05, 0.1) is 20.4 Å². The van der Waals surface area contributed by atoms with E-state index in [1.807, 2.05) is 12.1 Å². The maximum absolute atomic E-state index is 4.61. The molecule has 0 aliphatic heterocycles. The van der Waals surface area contributed by atoms with Crippen molar-refractivity contribution in [2.24, 2.45) is 4.99 Å². The Balaban J connectivity index is 1.56. The maximum Gasteiger partial charge on any atom is 0.203 e. The van der Waals surface area contributed by atoms with Crippen molar-refractivity contribution in [1.29, 1.82) is 0 Å². The molecule has 25 heavy (non-hydrogen) atoms. The number of aliphatic imine (C=N–C) groups is 1. The molecule has 7 heteroatoms. The number of rotatable bonds is 2. The van der Waals surface area contributed by atoms with Gasteiger partial charge in [-0.1, -0.05) is 34.8 Å². The van der Waals surface area contributed by atoms with Crippen molar-refractivity contribution in [3.63, 3.8) is 0 Å². The highest BCUT2D eigenvalue weighted by Crippen LogP contribution is 2.28. The first-order valence-electron chi connectivity index (χ1n) is 7.86. The molecule has 2 N–H and O–H groups in total. The van der Waals surface area contributed by atoms with Crippen LogP contribution in [0.3, 0.4) is 0 Å². The molecule has 0 bridgehead atoms. The van der Waals surface area contributed by atoms with Gasteiger partial charge in [-0.15, -0.1) is 0 Å². The van der Waals surface area contributed by atoms with Crippen molar-refractivity contribution >= 4 is 59.3 Å². The lowest BCUT2D eigenvalue weighted by Crippen LogP contribution is -2.21. The van der Waals surface area contributed by atoms with Gasteiger partial charge in [0.15, 0.2) is 10.3 Å². The minimum absolute atomic E-state index is 0.631. The van der Waals surface area contributed by atoms with Crippen LogP contribution in [0.1, 0.15) is 11.1 Å². The molecular formula is C18H17N5S2. The summed E-state index contributed by atoms with van der Waals surface area (Å²) < 4.78 is 2.32. The number of nitrogens with zero attached hydrogens (tertiary/aromatic N) is 3. The second-order valence-corrected chi connectivity index (χ2v) is 7.86. The third-order valence-corrected chi connectivity index (χ3v) is 5.63. The van der Waals surface area contributed by atoms with Gasteiger partial charge in [0.1, 0.15) is 0 Å². The zero-order valence-electron chi connectivity index (χ0n) is 14.1. The van der Waals surface area contributed by atoms with E-state index in [-0.39, 0.29) is 0 Å². The van der Waals surface area contributed by atoms with Crippen LogP contribution in [-0.4, -0.2) is 23.0 Å². The fourth-order valence-corrected chi connectivity index (χ4v) is 4.44. The monoisotopic (exact) mass is 367 g/mol. The van der Waals surface area contributed by atoms with Crippen molar-refractivity contribution in [2.75, 3.05) is 17.7 Å². The molecular weight excluding hydrogens is 350 g/mol. The van der Waals surface area contributed by atoms with Crippen LogP contribution < -0.4 is 10.6 Å². The molecule has 0 aliphatic carbocycles. The highest BCUT2D eigenvalue weighted by Gasteiger charge is 2.09. The summed E-state index contributed by atoms with van der Waals surface area (Å²) in [5.74, 6) is 0.631. The molecule has 0 saturated heterocycles. The third kappa shape index (κ3) is 3.33. The van der Waals surface area contributed by atoms with E-state index in [0.717, 1.165) is 30.7 Å². The Morgan fingerprint density at radius 2 is 1.32 bits per heavy atom. The molecule has 0 saturated carbocycles. The van der Waals surface area contributed by atoms with Gasteiger partial charge in [0.25, 0.3) is 0 Å². The Hall–Kier alpha value is -2.51. The van der Waals surface area contributed by atoms with Gasteiger partial charge >= 0.3 is 0 Å². The molecule has 0 spiro atoms. The first-order chi connectivity index (χ1) is 12.1. The Kier molecular flexibility index (Phi) is 4.10. The molecule has 0 fully saturated rings. The Bertz CT molecular complexity index is 1010. The molecule has 0 unspecified atom stereocenters. The highest BCUT2D eigenvalue weighted by molar-refractivity contribution is 7.23. The van der Waals surface area contributed by atoms with Gasteiger partial charge < -0.3 is 10.6 Å². The van der Waals surface area contributed by atoms with Crippen molar-refractivity contribution in [3.05, 3.63) is 47.5 Å². The van der Waals surface area contributed by atoms with Crippen LogP contribution in [0, 0.1) is 13.8 Å². The van der Waals surface area contributed by atoms with E-state index in [1.54, 1.807) is 29.7 Å². The molecule has 4 rings (SSSR count). The first-order valence-corrected chi connectivity index (χ1v) is 9.49. The SMILES string of the molecule is CN=C(Nc1nc2ccc(C)cc2s1)Nc1nc2ccc(C)cc2s1. The van der Waals surface area contributed by atoms with E-state index < -0.39 is 0 Å². The lowest BCUT2D eigenvalue weighted by atomic mass is 10.2. The summed E-state index contributed by atoms with van der Waals surface area (Å²) in [6, 6.07) is 12.5. The second kappa shape index (κ2) is 6.42. The molecule has 0 aliphatic rings. The topological polar surface area (TPSA) is 62.2 Å². The number of guanidine groups is 1. The van der Waals surface area contributed by atoms with Crippen LogP contribution in [0.4, 0.5) is 10.3 Å². The fourth-order valence-electron chi connectivity index (χ4n) is 2.52. The standard InChI is InChI=1S/C18H17N5S2/c1-10-4-6-12-14(8-10)24-17(20-12)22-16(19-3)23-18-21-13-7-5-11(2)9-15(13)25-18/h4-9H,1-3H3,(H2,19,20,21,22,23). The van der Waals surface area contributed by atoms with Crippen molar-refractivity contribution in [3.8, 4) is 0 Å². The van der Waals surface area contributed by atoms with Crippen LogP contribution in [0.25, 0.3) is 20.4 Å². The predicted molar refractivity (Wildman–Crippen MR) is 109 cm³/mol. The Morgan fingerprint density at radius 3 is 1.76 bits per heavy atom. The van der Waals surface area contributed by atoms with Gasteiger partial charge in [0.2, 0.25) is 5.96 Å². The molecule has 0 amide bonds. The van der Waals surface area contributed by atoms with Crippen molar-refractivity contribution in [2.45, 2.75) is 13.8 Å². The van der Waals surface area contributed by atoms with E-state index in [9.17, 15) is 0 Å². The normalized spacial score (nSPS) is 11.0. The Morgan fingerprint density at radius 1 is 0.840 bits per heavy atom. The predicted octanol–water partition coefficient (Wildman–Crippen LogP) is 5.03. The zero-order valence-corrected chi connectivity index (χ0v) is 15.8. The van der Waals surface area contributed by atoms with Gasteiger partial charge in [-0.05, 0) is 49.2 Å². The number of fused-ring (bicyclic) bond motifs is 2. The maximum atomic E-state index is 4.61. The highest BCUT2D eigenvalue weighted by atomic mass is 32.1. The first kappa shape index (κ1) is 16.0. The average molecular weight is 368 g/mol. The van der Waals surface area contributed by atoms with Gasteiger partial charge in [-0.25, -0.2) is 9.97 Å². The molecule has 0 atom stereocenters. The number of hydrogen-bond acceptors (Lipinski definition) is 5. The summed E-state index contributed by atoms with van der Waals surface area (Å²) >= 11 is 3.23. The summed E-state index contributed by atoms with van der Waals surface area (Å²) in [5, 5.41) is 8.13. The molecule has 5 nitrogen and oxygen atoms in total. The molecule has 4 aromatic rings. The van der Waals surface area contributed by atoms with Crippen molar-refractivity contribution in [1.82, 2.24) is 9.97 Å². The lowest BCUT2D eigenvalue weighted by Gasteiger charge is -2.06. The largest absolute Gasteiger partial charge is 0.302 e. The smallest absolute Gasteiger partial charge is 0.203 e. The molecule has 2 heterocycles. The average Bonchev–Trinajstić information content (AvgIpc) is 3.16. The lowest BCUT2D eigenvalue weighted by molar-refractivity contribution is 1.36. The molecule has 0 radical (unpaired) electrons. The second-order valence-electron chi connectivity index (χ2n) is 5.80. The van der Waals surface area contributed by atoms with E-state index in [2.05, 4.69) is 63.7 Å². The van der Waals surface area contributed by atoms with Crippen LogP contribution in [0.15, 0.2) is 41.4 Å². The van der Waals surface area contributed by atoms with Crippen molar-refractivity contribution < 1.29 is 0 Å². The van der Waals surface area contributed by atoms with E-state index in [4.69, 9.17) is 0 Å². The molecule has 126 valence electrons. The number of aromatic nitrogens is 2. The van der Waals surface area contributed by atoms with Crippen LogP contribution in [0.5, 0.6) is 0 Å². The molecule has 2 aromatic carbocycles. The minimum atomic E-state index is 0.631. The van der Waals surface area contributed by atoms with E-state index in [1.165, 1.54) is 11.1 Å². The number of nitrogens with one attached hydrogen (secondary N) is 2. The number of aryl methyl sites for hydroxylation is 2. The minimum Gasteiger partial charge on any atom is -0.302 e. The third-order valence-electron chi connectivity index (χ3n) is 3.76. The van der Waals surface area contributed by atoms with Gasteiger partial charge in [-0.2, -0.15) is 0 Å². The number of hydrogen-bond donors (Lipinski definition) is 2.